The Labute approximate surface area is 227 Å². The molecule has 0 radical (unpaired) electrons. The maximum Gasteiger partial charge on any atom is 0.431 e. The zero-order valence-electron chi connectivity index (χ0n) is 24.3. The fourth-order valence-corrected chi connectivity index (χ4v) is 3.97. The van der Waals surface area contributed by atoms with Crippen molar-refractivity contribution in [2.45, 2.75) is 123 Å². The van der Waals surface area contributed by atoms with Crippen molar-refractivity contribution in [2.75, 3.05) is 0 Å². The van der Waals surface area contributed by atoms with Crippen LogP contribution in [0.1, 0.15) is 92.7 Å². The minimum atomic E-state index is -0.636. The first-order valence-corrected chi connectivity index (χ1v) is 13.5. The van der Waals surface area contributed by atoms with E-state index >= 15 is 0 Å². The topological polar surface area (TPSA) is 134 Å². The predicted molar refractivity (Wildman–Crippen MR) is 147 cm³/mol. The van der Waals surface area contributed by atoms with Gasteiger partial charge in [-0.3, -0.25) is 9.83 Å². The van der Waals surface area contributed by atoms with Crippen molar-refractivity contribution in [3.8, 4) is 5.75 Å². The molecule has 38 heavy (non-hydrogen) atoms. The van der Waals surface area contributed by atoms with Gasteiger partial charge in [0.05, 0.1) is 6.04 Å². The first-order chi connectivity index (χ1) is 17.7. The molecule has 1 aromatic carbocycles. The van der Waals surface area contributed by atoms with E-state index in [1.165, 1.54) is 0 Å². The summed E-state index contributed by atoms with van der Waals surface area (Å²) in [4.78, 5) is 33.8. The molecule has 0 saturated heterocycles. The molecule has 10 nitrogen and oxygen atoms in total. The number of hydroxylamine groups is 1. The van der Waals surface area contributed by atoms with E-state index in [4.69, 9.17) is 24.8 Å². The van der Waals surface area contributed by atoms with Crippen molar-refractivity contribution < 1.29 is 28.6 Å². The van der Waals surface area contributed by atoms with Crippen molar-refractivity contribution in [3.05, 3.63) is 29.3 Å². The van der Waals surface area contributed by atoms with Gasteiger partial charge in [-0.05, 0) is 97.9 Å². The molecule has 1 aromatic rings. The molecule has 2 atom stereocenters. The van der Waals surface area contributed by atoms with Crippen molar-refractivity contribution in [2.24, 2.45) is 10.7 Å². The highest BCUT2D eigenvalue weighted by molar-refractivity contribution is 5.98. The molecule has 1 heterocycles. The van der Waals surface area contributed by atoms with Crippen molar-refractivity contribution in [1.29, 1.82) is 0 Å². The summed E-state index contributed by atoms with van der Waals surface area (Å²) in [5, 5.41) is 2.87. The number of carbonyl (C=O) groups excluding carboxylic acids is 2. The molecule has 1 fully saturated rings. The van der Waals surface area contributed by atoms with Crippen LogP contribution in [-0.4, -0.2) is 53.5 Å². The summed E-state index contributed by atoms with van der Waals surface area (Å²) in [5.74, 6) is 1.24. The highest BCUT2D eigenvalue weighted by Gasteiger charge is 2.32. The van der Waals surface area contributed by atoms with Crippen molar-refractivity contribution in [1.82, 2.24) is 10.8 Å². The number of aryl methyl sites for hydroxylation is 1. The first kappa shape index (κ1) is 31.2. The van der Waals surface area contributed by atoms with Crippen LogP contribution in [0.2, 0.25) is 0 Å². The number of hydrogen-bond donors (Lipinski definition) is 3. The Bertz CT molecular complexity index is 977. The van der Waals surface area contributed by atoms with Crippen LogP contribution in [0, 0.1) is 0 Å². The van der Waals surface area contributed by atoms with Crippen LogP contribution in [0.3, 0.4) is 0 Å². The lowest BCUT2D eigenvalue weighted by Gasteiger charge is -2.34. The fourth-order valence-electron chi connectivity index (χ4n) is 3.97. The molecule has 0 spiro atoms. The Morgan fingerprint density at radius 1 is 1.05 bits per heavy atom. The number of hydrogen-bond acceptors (Lipinski definition) is 7. The number of carbonyl (C=O) groups is 2. The molecule has 2 unspecified atom stereocenters. The van der Waals surface area contributed by atoms with Crippen LogP contribution >= 0.6 is 0 Å². The van der Waals surface area contributed by atoms with Crippen molar-refractivity contribution >= 4 is 18.0 Å². The number of nitrogens with two attached hydrogens (primary N) is 1. The fraction of sp³-hybridized carbons (Fsp3) is 0.679. The zero-order valence-corrected chi connectivity index (χ0v) is 24.3. The minimum absolute atomic E-state index is 0.0456. The molecule has 2 aliphatic rings. The van der Waals surface area contributed by atoms with Crippen LogP contribution in [-0.2, 0) is 20.7 Å². The standard InChI is InChI=1S/C26H40N4O6.C2H6/c1-15(36-30-24(32)35-26(5,6)7)20-10-8-16-12-17(9-11-21(16)33-20)22(27)28-18-13-19(14-18)29-23(31)34-25(2,3)4;1-2/h9,11-12,15,18-20H,8,10,13-14H2,1-7H3,(H2,27,28)(H,29,31)(H,30,32);1-2H3. The summed E-state index contributed by atoms with van der Waals surface area (Å²) in [6, 6.07) is 5.89. The molecular formula is C28H46N4O6. The summed E-state index contributed by atoms with van der Waals surface area (Å²) in [5.41, 5.74) is 9.39. The summed E-state index contributed by atoms with van der Waals surface area (Å²) in [6.07, 6.45) is 1.35. The third-order valence-electron chi connectivity index (χ3n) is 5.74. The molecule has 4 N–H and O–H groups in total. The van der Waals surface area contributed by atoms with Gasteiger partial charge in [0.15, 0.2) is 0 Å². The van der Waals surface area contributed by atoms with E-state index in [1.54, 1.807) is 20.8 Å². The van der Waals surface area contributed by atoms with Gasteiger partial charge < -0.3 is 25.3 Å². The van der Waals surface area contributed by atoms with Crippen LogP contribution in [0.15, 0.2) is 23.2 Å². The van der Waals surface area contributed by atoms with Crippen LogP contribution in [0.5, 0.6) is 5.75 Å². The third-order valence-corrected chi connectivity index (χ3v) is 5.74. The average molecular weight is 535 g/mol. The largest absolute Gasteiger partial charge is 0.487 e. The first-order valence-electron chi connectivity index (χ1n) is 13.5. The van der Waals surface area contributed by atoms with Crippen LogP contribution < -0.4 is 21.3 Å². The second kappa shape index (κ2) is 13.2. The number of aliphatic imine (C=N–C) groups is 1. The third kappa shape index (κ3) is 10.0. The van der Waals surface area contributed by atoms with Gasteiger partial charge in [0.2, 0.25) is 0 Å². The number of nitrogens with one attached hydrogen (secondary N) is 2. The SMILES string of the molecule is CC.CC(ONC(=O)OC(C)(C)C)C1CCc2cc(C(N)=NC3CC(NC(=O)OC(C)(C)C)C3)ccc2O1. The lowest BCUT2D eigenvalue weighted by molar-refractivity contribution is -0.0775. The van der Waals surface area contributed by atoms with E-state index in [-0.39, 0.29) is 24.3 Å². The van der Waals surface area contributed by atoms with Crippen molar-refractivity contribution in [3.63, 3.8) is 0 Å². The molecule has 214 valence electrons. The van der Waals surface area contributed by atoms with Crippen LogP contribution in [0.25, 0.3) is 0 Å². The molecule has 3 rings (SSSR count). The van der Waals surface area contributed by atoms with E-state index in [0.29, 0.717) is 5.84 Å². The summed E-state index contributed by atoms with van der Waals surface area (Å²) in [7, 11) is 0. The van der Waals surface area contributed by atoms with Gasteiger partial charge >= 0.3 is 12.2 Å². The monoisotopic (exact) mass is 534 g/mol. The maximum absolute atomic E-state index is 11.9. The minimum Gasteiger partial charge on any atom is -0.487 e. The van der Waals surface area contributed by atoms with Gasteiger partial charge in [-0.2, -0.15) is 5.48 Å². The van der Waals surface area contributed by atoms with Gasteiger partial charge in [-0.15, -0.1) is 0 Å². The number of nitrogens with zero attached hydrogens (tertiary/aromatic N) is 1. The number of amidine groups is 1. The molecule has 2 amide bonds. The number of alkyl carbamates (subject to hydrolysis) is 1. The quantitative estimate of drug-likeness (QED) is 0.265. The molecule has 10 heteroatoms. The maximum atomic E-state index is 11.9. The highest BCUT2D eigenvalue weighted by Crippen LogP contribution is 2.31. The van der Waals surface area contributed by atoms with E-state index < -0.39 is 23.4 Å². The van der Waals surface area contributed by atoms with Crippen LogP contribution in [0.4, 0.5) is 9.59 Å². The lowest BCUT2D eigenvalue weighted by Crippen LogP contribution is -2.48. The van der Waals surface area contributed by atoms with Gasteiger partial charge in [-0.25, -0.2) is 9.59 Å². The number of rotatable bonds is 6. The Balaban J connectivity index is 0.00000247. The molecule has 1 aliphatic heterocycles. The lowest BCUT2D eigenvalue weighted by atomic mass is 9.87. The number of benzene rings is 1. The van der Waals surface area contributed by atoms with Gasteiger partial charge in [0.25, 0.3) is 0 Å². The zero-order chi connectivity index (χ0) is 28.7. The van der Waals surface area contributed by atoms with E-state index in [2.05, 4.69) is 15.8 Å². The van der Waals surface area contributed by atoms with Gasteiger partial charge in [0.1, 0.15) is 35.0 Å². The molecule has 0 bridgehead atoms. The normalized spacial score (nSPS) is 21.8. The highest BCUT2D eigenvalue weighted by atomic mass is 16.7. The smallest absolute Gasteiger partial charge is 0.431 e. The Hall–Kier alpha value is -3.01. The Kier molecular flexibility index (Phi) is 10.8. The van der Waals surface area contributed by atoms with E-state index in [0.717, 1.165) is 42.6 Å². The Morgan fingerprint density at radius 3 is 2.26 bits per heavy atom. The number of amides is 2. The van der Waals surface area contributed by atoms with Gasteiger partial charge in [-0.1, -0.05) is 13.8 Å². The average Bonchev–Trinajstić information content (AvgIpc) is 2.79. The van der Waals surface area contributed by atoms with E-state index in [9.17, 15) is 9.59 Å². The van der Waals surface area contributed by atoms with Gasteiger partial charge in [0, 0.05) is 11.6 Å². The summed E-state index contributed by atoms with van der Waals surface area (Å²) in [6.45, 7) is 16.7. The molecule has 1 aliphatic carbocycles. The number of fused-ring (bicyclic) bond motifs is 1. The second-order valence-electron chi connectivity index (χ2n) is 11.4. The predicted octanol–water partition coefficient (Wildman–Crippen LogP) is 5.01. The second-order valence-corrected chi connectivity index (χ2v) is 11.4. The molecule has 1 saturated carbocycles. The Morgan fingerprint density at radius 2 is 1.66 bits per heavy atom. The summed E-state index contributed by atoms with van der Waals surface area (Å²) < 4.78 is 16.6. The molecular weight excluding hydrogens is 488 g/mol. The summed E-state index contributed by atoms with van der Waals surface area (Å²) >= 11 is 0. The number of ether oxygens (including phenoxy) is 3. The molecule has 0 aromatic heterocycles. The van der Waals surface area contributed by atoms with E-state index in [1.807, 2.05) is 59.7 Å².